The third-order valence-corrected chi connectivity index (χ3v) is 2.49. The van der Waals surface area contributed by atoms with Gasteiger partial charge in [-0.3, -0.25) is 14.9 Å². The maximum Gasteiger partial charge on any atom is 0.304 e. The third kappa shape index (κ3) is 5.01. The molecule has 0 spiro atoms. The number of nitro groups is 1. The van der Waals surface area contributed by atoms with Gasteiger partial charge in [0, 0.05) is 30.3 Å². The summed E-state index contributed by atoms with van der Waals surface area (Å²) in [7, 11) is 0. The smallest absolute Gasteiger partial charge is 0.304 e. The number of hydrogen-bond donors (Lipinski definition) is 2. The number of nitrogens with zero attached hydrogens (tertiary/aromatic N) is 1. The van der Waals surface area contributed by atoms with E-state index in [1.54, 1.807) is 0 Å². The van der Waals surface area contributed by atoms with Crippen LogP contribution in [0.25, 0.3) is 0 Å². The highest BCUT2D eigenvalue weighted by Gasteiger charge is 2.14. The van der Waals surface area contributed by atoms with Crippen LogP contribution in [0, 0.1) is 15.9 Å². The molecule has 1 aromatic rings. The fourth-order valence-corrected chi connectivity index (χ4v) is 1.54. The van der Waals surface area contributed by atoms with Crippen molar-refractivity contribution >= 4 is 17.3 Å². The molecular formula is C12H16FN3O3. The molecule has 0 bridgehead atoms. The molecular weight excluding hydrogens is 253 g/mol. The summed E-state index contributed by atoms with van der Waals surface area (Å²) < 4.78 is 13.3. The van der Waals surface area contributed by atoms with Crippen LogP contribution in [0.5, 0.6) is 0 Å². The first-order valence-corrected chi connectivity index (χ1v) is 5.89. The fraction of sp³-hybridized carbons (Fsp3) is 0.417. The highest BCUT2D eigenvalue weighted by Crippen LogP contribution is 2.20. The normalized spacial score (nSPS) is 11.9. The summed E-state index contributed by atoms with van der Waals surface area (Å²) in [6.07, 6.45) is 1.64. The van der Waals surface area contributed by atoms with Crippen LogP contribution in [0.15, 0.2) is 18.2 Å². The van der Waals surface area contributed by atoms with Gasteiger partial charge in [-0.05, 0) is 25.8 Å². The van der Waals surface area contributed by atoms with Crippen molar-refractivity contribution in [2.45, 2.75) is 32.2 Å². The molecule has 0 saturated heterocycles. The second-order valence-corrected chi connectivity index (χ2v) is 4.34. The Morgan fingerprint density at radius 2 is 2.26 bits per heavy atom. The zero-order chi connectivity index (χ0) is 14.4. The predicted molar refractivity (Wildman–Crippen MR) is 69.2 cm³/mol. The van der Waals surface area contributed by atoms with Gasteiger partial charge in [-0.25, -0.2) is 0 Å². The number of rotatable bonds is 6. The zero-order valence-electron chi connectivity index (χ0n) is 10.6. The molecule has 0 aromatic heterocycles. The summed E-state index contributed by atoms with van der Waals surface area (Å²) in [5.74, 6) is -1.24. The van der Waals surface area contributed by atoms with E-state index in [-0.39, 0.29) is 24.1 Å². The summed E-state index contributed by atoms with van der Waals surface area (Å²) in [6.45, 7) is 1.85. The van der Waals surface area contributed by atoms with Gasteiger partial charge in [0.25, 0.3) is 0 Å². The van der Waals surface area contributed by atoms with E-state index in [1.165, 1.54) is 6.07 Å². The van der Waals surface area contributed by atoms with Crippen molar-refractivity contribution in [1.29, 1.82) is 0 Å². The molecule has 0 aliphatic rings. The number of nitrogens with one attached hydrogen (secondary N) is 1. The first-order chi connectivity index (χ1) is 8.90. The highest BCUT2D eigenvalue weighted by atomic mass is 19.1. The summed E-state index contributed by atoms with van der Waals surface area (Å²) in [4.78, 5) is 21.1. The Morgan fingerprint density at radius 1 is 1.58 bits per heavy atom. The van der Waals surface area contributed by atoms with E-state index in [2.05, 4.69) is 5.32 Å². The monoisotopic (exact) mass is 269 g/mol. The van der Waals surface area contributed by atoms with Gasteiger partial charge in [-0.1, -0.05) is 0 Å². The average Bonchev–Trinajstić information content (AvgIpc) is 2.27. The molecule has 0 aliphatic carbocycles. The molecule has 19 heavy (non-hydrogen) atoms. The topological polar surface area (TPSA) is 98.3 Å². The summed E-state index contributed by atoms with van der Waals surface area (Å²) in [5, 5.41) is 12.9. The number of halogens is 1. The number of benzene rings is 1. The van der Waals surface area contributed by atoms with Crippen LogP contribution >= 0.6 is 0 Å². The minimum absolute atomic E-state index is 0.0321. The standard InChI is InChI=1S/C12H16FN3O3/c1-8(14)3-2-4-12(17)15-9-5-6-11(16(18)19)10(13)7-9/h5-8H,2-4,14H2,1H3,(H,15,17). The van der Waals surface area contributed by atoms with E-state index >= 15 is 0 Å². The van der Waals surface area contributed by atoms with E-state index in [4.69, 9.17) is 5.73 Å². The van der Waals surface area contributed by atoms with Crippen LogP contribution in [0.1, 0.15) is 26.2 Å². The van der Waals surface area contributed by atoms with Crippen molar-refractivity contribution in [2.24, 2.45) is 5.73 Å². The second-order valence-electron chi connectivity index (χ2n) is 4.34. The Hall–Kier alpha value is -2.02. The number of anilines is 1. The molecule has 7 heteroatoms. The van der Waals surface area contributed by atoms with Crippen LogP contribution in [0.2, 0.25) is 0 Å². The highest BCUT2D eigenvalue weighted by molar-refractivity contribution is 5.90. The van der Waals surface area contributed by atoms with Gasteiger partial charge in [0.05, 0.1) is 4.92 Å². The van der Waals surface area contributed by atoms with E-state index in [9.17, 15) is 19.3 Å². The van der Waals surface area contributed by atoms with Gasteiger partial charge in [-0.15, -0.1) is 0 Å². The molecule has 0 heterocycles. The van der Waals surface area contributed by atoms with Crippen LogP contribution in [-0.2, 0) is 4.79 Å². The SMILES string of the molecule is CC(N)CCCC(=O)Nc1ccc([N+](=O)[O-])c(F)c1. The lowest BCUT2D eigenvalue weighted by Gasteiger charge is -2.06. The number of nitrogens with two attached hydrogens (primary N) is 1. The molecule has 104 valence electrons. The maximum absolute atomic E-state index is 13.3. The molecule has 3 N–H and O–H groups in total. The van der Waals surface area contributed by atoms with Crippen LogP contribution < -0.4 is 11.1 Å². The van der Waals surface area contributed by atoms with Crippen molar-refractivity contribution in [3.05, 3.63) is 34.1 Å². The third-order valence-electron chi connectivity index (χ3n) is 2.49. The molecule has 0 fully saturated rings. The van der Waals surface area contributed by atoms with Crippen molar-refractivity contribution < 1.29 is 14.1 Å². The Labute approximate surface area is 109 Å². The second kappa shape index (κ2) is 6.79. The van der Waals surface area contributed by atoms with Gasteiger partial charge in [0.2, 0.25) is 11.7 Å². The number of carbonyl (C=O) groups excluding carboxylic acids is 1. The van der Waals surface area contributed by atoms with Gasteiger partial charge in [-0.2, -0.15) is 4.39 Å². The molecule has 0 saturated carbocycles. The van der Waals surface area contributed by atoms with E-state index < -0.39 is 16.4 Å². The molecule has 0 radical (unpaired) electrons. The minimum atomic E-state index is -0.974. The predicted octanol–water partition coefficient (Wildman–Crippen LogP) is 2.19. The van der Waals surface area contributed by atoms with Gasteiger partial charge in [0.1, 0.15) is 0 Å². The lowest BCUT2D eigenvalue weighted by atomic mass is 10.1. The first kappa shape index (κ1) is 15.0. The molecule has 1 atom stereocenters. The number of nitro benzene ring substituents is 1. The largest absolute Gasteiger partial charge is 0.328 e. The maximum atomic E-state index is 13.3. The Kier molecular flexibility index (Phi) is 5.37. The molecule has 1 aromatic carbocycles. The van der Waals surface area contributed by atoms with Crippen molar-refractivity contribution in [1.82, 2.24) is 0 Å². The summed E-state index contributed by atoms with van der Waals surface area (Å²) in [6, 6.07) is 3.28. The molecule has 1 amide bonds. The minimum Gasteiger partial charge on any atom is -0.328 e. The Morgan fingerprint density at radius 3 is 2.79 bits per heavy atom. The van der Waals surface area contributed by atoms with Gasteiger partial charge in [0.15, 0.2) is 0 Å². The Bertz CT molecular complexity index is 477. The van der Waals surface area contributed by atoms with E-state index in [0.717, 1.165) is 18.6 Å². The fourth-order valence-electron chi connectivity index (χ4n) is 1.54. The van der Waals surface area contributed by atoms with Crippen molar-refractivity contribution in [3.8, 4) is 0 Å². The van der Waals surface area contributed by atoms with E-state index in [0.29, 0.717) is 6.42 Å². The summed E-state index contributed by atoms with van der Waals surface area (Å²) in [5.41, 5.74) is 5.14. The average molecular weight is 269 g/mol. The van der Waals surface area contributed by atoms with Crippen LogP contribution in [0.4, 0.5) is 15.8 Å². The van der Waals surface area contributed by atoms with E-state index in [1.807, 2.05) is 6.92 Å². The first-order valence-electron chi connectivity index (χ1n) is 5.89. The lowest BCUT2D eigenvalue weighted by Crippen LogP contribution is -2.16. The van der Waals surface area contributed by atoms with Gasteiger partial charge >= 0.3 is 5.69 Å². The quantitative estimate of drug-likeness (QED) is 0.610. The van der Waals surface area contributed by atoms with Crippen molar-refractivity contribution in [3.63, 3.8) is 0 Å². The summed E-state index contributed by atoms with van der Waals surface area (Å²) >= 11 is 0. The number of amides is 1. The van der Waals surface area contributed by atoms with Crippen molar-refractivity contribution in [2.75, 3.05) is 5.32 Å². The van der Waals surface area contributed by atoms with Crippen LogP contribution in [-0.4, -0.2) is 16.9 Å². The zero-order valence-corrected chi connectivity index (χ0v) is 10.6. The molecule has 1 rings (SSSR count). The molecule has 6 nitrogen and oxygen atoms in total. The lowest BCUT2D eigenvalue weighted by molar-refractivity contribution is -0.387. The molecule has 0 aliphatic heterocycles. The van der Waals surface area contributed by atoms with Gasteiger partial charge < -0.3 is 11.1 Å². The van der Waals surface area contributed by atoms with Crippen LogP contribution in [0.3, 0.4) is 0 Å². The number of carbonyl (C=O) groups is 1. The Balaban J connectivity index is 2.55. The molecule has 1 unspecified atom stereocenters. The number of hydrogen-bond acceptors (Lipinski definition) is 4.